The van der Waals surface area contributed by atoms with Crippen LogP contribution in [0.1, 0.15) is 32.4 Å². The Labute approximate surface area is 148 Å². The van der Waals surface area contributed by atoms with Gasteiger partial charge in [0.2, 0.25) is 5.91 Å². The molecule has 2 rings (SSSR count). The van der Waals surface area contributed by atoms with Crippen LogP contribution in [0.25, 0.3) is 0 Å². The number of nitrogens with one attached hydrogen (secondary N) is 1. The van der Waals surface area contributed by atoms with Crippen LogP contribution in [0.2, 0.25) is 0 Å². The SMILES string of the molecule is CCCOc1ccc(NC(=O)Cc2ccc(N)cn2)cc1OCCC. The van der Waals surface area contributed by atoms with Crippen LogP contribution in [0.5, 0.6) is 11.5 Å². The third-order valence-electron chi connectivity index (χ3n) is 3.34. The molecule has 1 amide bonds. The van der Waals surface area contributed by atoms with E-state index < -0.39 is 0 Å². The molecule has 0 spiro atoms. The molecule has 0 unspecified atom stereocenters. The fourth-order valence-electron chi connectivity index (χ4n) is 2.15. The fourth-order valence-corrected chi connectivity index (χ4v) is 2.15. The Morgan fingerprint density at radius 3 is 2.44 bits per heavy atom. The van der Waals surface area contributed by atoms with Gasteiger partial charge in [-0.2, -0.15) is 0 Å². The van der Waals surface area contributed by atoms with E-state index in [2.05, 4.69) is 10.3 Å². The highest BCUT2D eigenvalue weighted by Crippen LogP contribution is 2.31. The van der Waals surface area contributed by atoms with Crippen LogP contribution in [0.15, 0.2) is 36.5 Å². The van der Waals surface area contributed by atoms with Crippen molar-refractivity contribution in [2.75, 3.05) is 24.3 Å². The molecule has 134 valence electrons. The third kappa shape index (κ3) is 5.99. The minimum absolute atomic E-state index is 0.152. The number of aromatic nitrogens is 1. The van der Waals surface area contributed by atoms with Crippen LogP contribution in [0.3, 0.4) is 0 Å². The first-order valence-corrected chi connectivity index (χ1v) is 8.52. The maximum atomic E-state index is 12.2. The number of pyridine rings is 1. The predicted molar refractivity (Wildman–Crippen MR) is 99.0 cm³/mol. The quantitative estimate of drug-likeness (QED) is 0.728. The topological polar surface area (TPSA) is 86.5 Å². The van der Waals surface area contributed by atoms with Crippen molar-refractivity contribution in [3.05, 3.63) is 42.2 Å². The summed E-state index contributed by atoms with van der Waals surface area (Å²) in [5, 5.41) is 2.86. The molecule has 25 heavy (non-hydrogen) atoms. The van der Waals surface area contributed by atoms with Crippen LogP contribution in [-0.2, 0) is 11.2 Å². The van der Waals surface area contributed by atoms with Crippen molar-refractivity contribution >= 4 is 17.3 Å². The molecule has 0 fully saturated rings. The number of carbonyl (C=O) groups excluding carboxylic acids is 1. The highest BCUT2D eigenvalue weighted by molar-refractivity contribution is 5.92. The Balaban J connectivity index is 2.04. The van der Waals surface area contributed by atoms with E-state index in [-0.39, 0.29) is 12.3 Å². The lowest BCUT2D eigenvalue weighted by atomic mass is 10.2. The second kappa shape index (κ2) is 9.52. The van der Waals surface area contributed by atoms with Crippen molar-refractivity contribution in [1.82, 2.24) is 4.98 Å². The first-order valence-electron chi connectivity index (χ1n) is 8.52. The van der Waals surface area contributed by atoms with E-state index in [0.717, 1.165) is 12.8 Å². The zero-order chi connectivity index (χ0) is 18.1. The Morgan fingerprint density at radius 2 is 1.80 bits per heavy atom. The lowest BCUT2D eigenvalue weighted by molar-refractivity contribution is -0.115. The molecule has 0 saturated heterocycles. The normalized spacial score (nSPS) is 10.3. The Kier molecular flexibility index (Phi) is 7.07. The molecule has 1 aromatic carbocycles. The molecule has 0 aliphatic carbocycles. The van der Waals surface area contributed by atoms with Crippen molar-refractivity contribution in [3.8, 4) is 11.5 Å². The molecule has 6 heteroatoms. The van der Waals surface area contributed by atoms with E-state index in [1.165, 1.54) is 0 Å². The van der Waals surface area contributed by atoms with Crippen LogP contribution in [-0.4, -0.2) is 24.1 Å². The maximum absolute atomic E-state index is 12.2. The van der Waals surface area contributed by atoms with E-state index in [0.29, 0.717) is 41.8 Å². The number of nitrogens with zero attached hydrogens (tertiary/aromatic N) is 1. The molecule has 3 N–H and O–H groups in total. The molecule has 1 heterocycles. The second-order valence-corrected chi connectivity index (χ2v) is 5.67. The number of amides is 1. The summed E-state index contributed by atoms with van der Waals surface area (Å²) in [5.74, 6) is 1.17. The summed E-state index contributed by atoms with van der Waals surface area (Å²) in [5.41, 5.74) is 7.50. The monoisotopic (exact) mass is 343 g/mol. The summed E-state index contributed by atoms with van der Waals surface area (Å²) < 4.78 is 11.4. The van der Waals surface area contributed by atoms with Crippen LogP contribution in [0, 0.1) is 0 Å². The largest absolute Gasteiger partial charge is 0.490 e. The summed E-state index contributed by atoms with van der Waals surface area (Å²) in [6.07, 6.45) is 3.53. The predicted octanol–water partition coefficient (Wildman–Crippen LogP) is 3.42. The van der Waals surface area contributed by atoms with Gasteiger partial charge in [0.1, 0.15) is 0 Å². The minimum atomic E-state index is -0.152. The molecule has 0 aliphatic rings. The second-order valence-electron chi connectivity index (χ2n) is 5.67. The number of ether oxygens (including phenoxy) is 2. The average molecular weight is 343 g/mol. The van der Waals surface area contributed by atoms with E-state index >= 15 is 0 Å². The van der Waals surface area contributed by atoms with Gasteiger partial charge in [0.15, 0.2) is 11.5 Å². The molecule has 0 saturated carbocycles. The minimum Gasteiger partial charge on any atom is -0.490 e. The summed E-state index contributed by atoms with van der Waals surface area (Å²) >= 11 is 0. The highest BCUT2D eigenvalue weighted by atomic mass is 16.5. The number of benzene rings is 1. The van der Waals surface area contributed by atoms with Crippen molar-refractivity contribution < 1.29 is 14.3 Å². The van der Waals surface area contributed by atoms with Crippen molar-refractivity contribution in [3.63, 3.8) is 0 Å². The summed E-state index contributed by atoms with van der Waals surface area (Å²) in [4.78, 5) is 16.3. The van der Waals surface area contributed by atoms with Crippen LogP contribution >= 0.6 is 0 Å². The van der Waals surface area contributed by atoms with Gasteiger partial charge in [-0.15, -0.1) is 0 Å². The van der Waals surface area contributed by atoms with Crippen molar-refractivity contribution in [2.24, 2.45) is 0 Å². The molecule has 6 nitrogen and oxygen atoms in total. The van der Waals surface area contributed by atoms with Crippen LogP contribution < -0.4 is 20.5 Å². The lowest BCUT2D eigenvalue weighted by Crippen LogP contribution is -2.15. The average Bonchev–Trinajstić information content (AvgIpc) is 2.61. The van der Waals surface area contributed by atoms with Gasteiger partial charge in [0, 0.05) is 17.4 Å². The molecule has 0 radical (unpaired) electrons. The number of nitrogens with two attached hydrogens (primary N) is 1. The van der Waals surface area contributed by atoms with Crippen molar-refractivity contribution in [1.29, 1.82) is 0 Å². The van der Waals surface area contributed by atoms with Crippen molar-refractivity contribution in [2.45, 2.75) is 33.1 Å². The van der Waals surface area contributed by atoms with Gasteiger partial charge in [-0.3, -0.25) is 9.78 Å². The fraction of sp³-hybridized carbons (Fsp3) is 0.368. The molecule has 0 atom stereocenters. The van der Waals surface area contributed by atoms with Gasteiger partial charge in [0.05, 0.1) is 31.5 Å². The molecule has 0 aliphatic heterocycles. The molecule has 0 bridgehead atoms. The number of anilines is 2. The summed E-state index contributed by atoms with van der Waals surface area (Å²) in [6, 6.07) is 8.88. The third-order valence-corrected chi connectivity index (χ3v) is 3.34. The smallest absolute Gasteiger partial charge is 0.230 e. The van der Waals surface area contributed by atoms with Gasteiger partial charge < -0.3 is 20.5 Å². The number of nitrogen functional groups attached to an aromatic ring is 1. The number of rotatable bonds is 9. The van der Waals surface area contributed by atoms with E-state index in [1.807, 2.05) is 19.9 Å². The Hall–Kier alpha value is -2.76. The first kappa shape index (κ1) is 18.6. The number of hydrogen-bond acceptors (Lipinski definition) is 5. The van der Waals surface area contributed by atoms with Gasteiger partial charge in [-0.1, -0.05) is 13.8 Å². The summed E-state index contributed by atoms with van der Waals surface area (Å²) in [7, 11) is 0. The standard InChI is InChI=1S/C19H25N3O3/c1-3-9-24-17-8-7-16(11-18(17)25-10-4-2)22-19(23)12-15-6-5-14(20)13-21-15/h5-8,11,13H,3-4,9-10,12,20H2,1-2H3,(H,22,23). The first-order chi connectivity index (χ1) is 12.1. The molecule has 1 aromatic heterocycles. The highest BCUT2D eigenvalue weighted by Gasteiger charge is 2.10. The zero-order valence-electron chi connectivity index (χ0n) is 14.7. The van der Waals surface area contributed by atoms with E-state index in [9.17, 15) is 4.79 Å². The van der Waals surface area contributed by atoms with Gasteiger partial charge >= 0.3 is 0 Å². The Morgan fingerprint density at radius 1 is 1.08 bits per heavy atom. The van der Waals surface area contributed by atoms with Crippen LogP contribution in [0.4, 0.5) is 11.4 Å². The van der Waals surface area contributed by atoms with E-state index in [4.69, 9.17) is 15.2 Å². The summed E-state index contributed by atoms with van der Waals surface area (Å²) in [6.45, 7) is 5.30. The lowest BCUT2D eigenvalue weighted by Gasteiger charge is -2.14. The van der Waals surface area contributed by atoms with Gasteiger partial charge in [-0.25, -0.2) is 0 Å². The number of carbonyl (C=O) groups is 1. The maximum Gasteiger partial charge on any atom is 0.230 e. The van der Waals surface area contributed by atoms with E-state index in [1.54, 1.807) is 30.5 Å². The van der Waals surface area contributed by atoms with Gasteiger partial charge in [0.25, 0.3) is 0 Å². The Bertz CT molecular complexity index is 687. The molecular weight excluding hydrogens is 318 g/mol. The molecule has 2 aromatic rings. The molecular formula is C19H25N3O3. The zero-order valence-corrected chi connectivity index (χ0v) is 14.7. The van der Waals surface area contributed by atoms with Gasteiger partial charge in [-0.05, 0) is 37.1 Å². The number of hydrogen-bond donors (Lipinski definition) is 2.